The Kier molecular flexibility index (Phi) is 11.4. The maximum Gasteiger partial charge on any atom is 0.243 e. The molecule has 3 fully saturated rings. The van der Waals surface area contributed by atoms with Crippen LogP contribution in [0.2, 0.25) is 0 Å². The summed E-state index contributed by atoms with van der Waals surface area (Å²) in [6.07, 6.45) is 6.93. The molecule has 0 bridgehead atoms. The number of aromatic nitrogens is 7. The SMILES string of the molecule is Cc1ncsc1-c1ccc([C@H](C)NC(=O)[C@@H]2C[C@@H](O)CN2C(=O)[C@@H](c2cc(-c3cnc(N4CCC(c5cc6nnc(-c7ccccc7O)cc6n5C5CC5)CC4)nc3)no2)C(C)C)cc1. The molecule has 3 N–H and O–H groups in total. The second-order valence-electron chi connectivity index (χ2n) is 18.1. The fourth-order valence-corrected chi connectivity index (χ4v) is 10.4. The molecule has 2 saturated heterocycles. The minimum Gasteiger partial charge on any atom is -0.507 e. The van der Waals surface area contributed by atoms with Gasteiger partial charge in [0, 0.05) is 73.3 Å². The third kappa shape index (κ3) is 8.36. The van der Waals surface area contributed by atoms with Crippen LogP contribution in [0.4, 0.5) is 5.95 Å². The second kappa shape index (κ2) is 17.5. The number of benzene rings is 2. The normalized spacial score (nSPS) is 19.0. The van der Waals surface area contributed by atoms with Crippen LogP contribution in [0, 0.1) is 12.8 Å². The number of aliphatic hydroxyl groups excluding tert-OH is 1. The van der Waals surface area contributed by atoms with Crippen molar-refractivity contribution in [3.63, 3.8) is 0 Å². The maximum atomic E-state index is 14.3. The van der Waals surface area contributed by atoms with E-state index in [-0.39, 0.29) is 42.5 Å². The zero-order valence-electron chi connectivity index (χ0n) is 36.8. The summed E-state index contributed by atoms with van der Waals surface area (Å²) in [5.41, 5.74) is 10.5. The predicted octanol–water partition coefficient (Wildman–Crippen LogP) is 7.98. The standard InChI is InChI=1S/C49H52N10O5S/c1-27(2)45(48(63)58-25-35(60)19-42(58)47(62)53-28(3)30-9-11-32(12-10-30)46-29(4)52-26-65-46)44-22-37(56-64-44)33-23-50-49(51-24-33)57-17-15-31(16-18-57)40-21-39-41(59(40)34-13-14-34)20-38(54-55-39)36-7-5-6-8-43(36)61/h5-12,20-24,26-28,31,34-35,42,45,60-61H,13-19,25H2,1-4H3,(H,53,62)/t28-,35+,42-,45+/m0/s1. The van der Waals surface area contributed by atoms with Crippen LogP contribution in [0.5, 0.6) is 5.75 Å². The van der Waals surface area contributed by atoms with Gasteiger partial charge in [-0.2, -0.15) is 0 Å². The lowest BCUT2D eigenvalue weighted by molar-refractivity contribution is -0.141. The van der Waals surface area contributed by atoms with Crippen molar-refractivity contribution in [2.45, 2.75) is 95.9 Å². The van der Waals surface area contributed by atoms with Crippen molar-refractivity contribution in [1.29, 1.82) is 0 Å². The van der Waals surface area contributed by atoms with E-state index in [0.29, 0.717) is 46.2 Å². The monoisotopic (exact) mass is 892 g/mol. The quantitative estimate of drug-likeness (QED) is 0.108. The highest BCUT2D eigenvalue weighted by atomic mass is 32.1. The van der Waals surface area contributed by atoms with Crippen LogP contribution in [0.3, 0.4) is 0 Å². The van der Waals surface area contributed by atoms with Crippen molar-refractivity contribution in [2.24, 2.45) is 5.92 Å². The van der Waals surface area contributed by atoms with Gasteiger partial charge in [0.05, 0.1) is 39.4 Å². The van der Waals surface area contributed by atoms with Crippen LogP contribution in [-0.2, 0) is 9.59 Å². The molecule has 1 aliphatic carbocycles. The summed E-state index contributed by atoms with van der Waals surface area (Å²) in [6, 6.07) is 20.6. The van der Waals surface area contributed by atoms with Gasteiger partial charge in [-0.05, 0) is 80.8 Å². The Labute approximate surface area is 380 Å². The van der Waals surface area contributed by atoms with Gasteiger partial charge in [-0.15, -0.1) is 21.5 Å². The number of aromatic hydroxyl groups is 1. The smallest absolute Gasteiger partial charge is 0.243 e. The first-order chi connectivity index (χ1) is 31.5. The number of carbonyl (C=O) groups is 2. The number of carbonyl (C=O) groups excluding carboxylic acids is 2. The van der Waals surface area contributed by atoms with Gasteiger partial charge >= 0.3 is 0 Å². The number of thiazole rings is 1. The molecule has 3 aliphatic rings. The molecule has 16 heteroatoms. The van der Waals surface area contributed by atoms with Crippen molar-refractivity contribution < 1.29 is 24.3 Å². The Morgan fingerprint density at radius 2 is 1.65 bits per heavy atom. The van der Waals surface area contributed by atoms with Gasteiger partial charge in [-0.25, -0.2) is 15.0 Å². The molecule has 1 saturated carbocycles. The molecule has 15 nitrogen and oxygen atoms in total. The summed E-state index contributed by atoms with van der Waals surface area (Å²) in [6.45, 7) is 9.39. The minimum absolute atomic E-state index is 0.0470. The maximum absolute atomic E-state index is 14.3. The highest BCUT2D eigenvalue weighted by molar-refractivity contribution is 7.13. The molecular formula is C49H52N10O5S. The topological polar surface area (TPSA) is 189 Å². The summed E-state index contributed by atoms with van der Waals surface area (Å²) >= 11 is 1.59. The van der Waals surface area contributed by atoms with Crippen molar-refractivity contribution in [3.8, 4) is 38.7 Å². The molecule has 10 rings (SSSR count). The van der Waals surface area contributed by atoms with E-state index in [0.717, 1.165) is 71.5 Å². The van der Waals surface area contributed by atoms with Crippen molar-refractivity contribution in [2.75, 3.05) is 24.5 Å². The number of phenols is 1. The fraction of sp³-hybridized carbons (Fsp3) is 0.388. The lowest BCUT2D eigenvalue weighted by Gasteiger charge is -2.32. The Hall–Kier alpha value is -6.52. The average molecular weight is 893 g/mol. The van der Waals surface area contributed by atoms with Crippen LogP contribution in [-0.4, -0.2) is 93.6 Å². The van der Waals surface area contributed by atoms with Crippen LogP contribution in [0.25, 0.3) is 44.0 Å². The number of rotatable bonds is 12. The summed E-state index contributed by atoms with van der Waals surface area (Å²) in [7, 11) is 0. The van der Waals surface area contributed by atoms with Crippen molar-refractivity contribution in [3.05, 3.63) is 107 Å². The molecule has 4 atom stereocenters. The van der Waals surface area contributed by atoms with Crippen LogP contribution >= 0.6 is 11.3 Å². The molecule has 334 valence electrons. The first-order valence-electron chi connectivity index (χ1n) is 22.5. The number of hydrogen-bond donors (Lipinski definition) is 3. The first kappa shape index (κ1) is 42.4. The molecule has 0 spiro atoms. The molecule has 2 aliphatic heterocycles. The van der Waals surface area contributed by atoms with E-state index in [1.807, 2.05) is 69.6 Å². The summed E-state index contributed by atoms with van der Waals surface area (Å²) < 4.78 is 8.31. The molecule has 2 amide bonds. The lowest BCUT2D eigenvalue weighted by Crippen LogP contribution is -2.48. The summed E-state index contributed by atoms with van der Waals surface area (Å²) in [5, 5.41) is 37.7. The number of anilines is 1. The second-order valence-corrected chi connectivity index (χ2v) is 18.9. The van der Waals surface area contributed by atoms with Crippen LogP contribution < -0.4 is 10.2 Å². The average Bonchev–Trinajstić information content (AvgIpc) is 3.60. The number of likely N-dealkylation sites (tertiary alicyclic amines) is 1. The molecule has 65 heavy (non-hydrogen) atoms. The van der Waals surface area contributed by atoms with E-state index in [1.54, 1.807) is 41.9 Å². The first-order valence-corrected chi connectivity index (χ1v) is 23.4. The molecular weight excluding hydrogens is 841 g/mol. The fourth-order valence-electron chi connectivity index (χ4n) is 9.59. The number of amides is 2. The van der Waals surface area contributed by atoms with Crippen molar-refractivity contribution in [1.82, 2.24) is 45.1 Å². The van der Waals surface area contributed by atoms with Crippen molar-refractivity contribution >= 4 is 40.1 Å². The highest BCUT2D eigenvalue weighted by Crippen LogP contribution is 2.44. The van der Waals surface area contributed by atoms with E-state index in [1.165, 1.54) is 10.6 Å². The number of aryl methyl sites for hydroxylation is 1. The van der Waals surface area contributed by atoms with Gasteiger partial charge < -0.3 is 34.4 Å². The number of para-hydroxylation sites is 1. The molecule has 7 heterocycles. The van der Waals surface area contributed by atoms with E-state index >= 15 is 0 Å². The lowest BCUT2D eigenvalue weighted by atomic mass is 9.91. The summed E-state index contributed by atoms with van der Waals surface area (Å²) in [5.74, 6) is 0.0160. The molecule has 7 aromatic rings. The predicted molar refractivity (Wildman–Crippen MR) is 247 cm³/mol. The molecule has 2 aromatic carbocycles. The van der Waals surface area contributed by atoms with Gasteiger partial charge in [-0.1, -0.05) is 55.4 Å². The number of aliphatic hydroxyl groups is 1. The largest absolute Gasteiger partial charge is 0.507 e. The number of nitrogens with zero attached hydrogens (tertiary/aromatic N) is 9. The summed E-state index contributed by atoms with van der Waals surface area (Å²) in [4.78, 5) is 46.8. The van der Waals surface area contributed by atoms with Gasteiger partial charge in [-0.3, -0.25) is 9.59 Å². The van der Waals surface area contributed by atoms with Gasteiger partial charge in [0.25, 0.3) is 0 Å². The van der Waals surface area contributed by atoms with Crippen LogP contribution in [0.1, 0.15) is 99.5 Å². The van der Waals surface area contributed by atoms with E-state index < -0.39 is 18.1 Å². The molecule has 5 aromatic heterocycles. The van der Waals surface area contributed by atoms with E-state index in [4.69, 9.17) is 14.5 Å². The molecule has 0 radical (unpaired) electrons. The Morgan fingerprint density at radius 1 is 0.892 bits per heavy atom. The number of nitrogens with one attached hydrogen (secondary N) is 1. The Bertz CT molecular complexity index is 2840. The number of hydrogen-bond acceptors (Lipinski definition) is 13. The highest BCUT2D eigenvalue weighted by Gasteiger charge is 2.43. The Balaban J connectivity index is 0.786. The van der Waals surface area contributed by atoms with Gasteiger partial charge in [0.2, 0.25) is 17.8 Å². The van der Waals surface area contributed by atoms with E-state index in [9.17, 15) is 19.8 Å². The van der Waals surface area contributed by atoms with Crippen LogP contribution in [0.15, 0.2) is 89.2 Å². The zero-order valence-corrected chi connectivity index (χ0v) is 37.7. The minimum atomic E-state index is -0.837. The number of phenolic OH excluding ortho intramolecular Hbond substituents is 1. The molecule has 0 unspecified atom stereocenters. The Morgan fingerprint density at radius 3 is 2.34 bits per heavy atom. The number of piperidine rings is 1. The van der Waals surface area contributed by atoms with Gasteiger partial charge in [0.15, 0.2) is 0 Å². The zero-order chi connectivity index (χ0) is 44.9. The number of fused-ring (bicyclic) bond motifs is 1. The third-order valence-corrected chi connectivity index (χ3v) is 14.2. The van der Waals surface area contributed by atoms with E-state index in [2.05, 4.69) is 47.3 Å². The van der Waals surface area contributed by atoms with Gasteiger partial charge in [0.1, 0.15) is 34.7 Å². The third-order valence-electron chi connectivity index (χ3n) is 13.3. The number of β-amino-alcohol motifs (C(OH)–C–C–N with tert-alkyl or cyclic N) is 1.